The van der Waals surface area contributed by atoms with E-state index in [1.54, 1.807) is 18.5 Å². The fourth-order valence-electron chi connectivity index (χ4n) is 3.57. The largest absolute Gasteiger partial charge is 0.329 e. The molecule has 1 N–H and O–H groups in total. The Hall–Kier alpha value is -3.67. The number of urea groups is 1. The van der Waals surface area contributed by atoms with Crippen LogP contribution in [0.5, 0.6) is 0 Å². The minimum Gasteiger partial charge on any atom is -0.318 e. The Balaban J connectivity index is 1.62. The molecule has 2 aromatic heterocycles. The normalized spacial score (nSPS) is 15.3. The molecular formula is C23H22N4O2. The highest BCUT2D eigenvalue weighted by Gasteiger charge is 2.33. The van der Waals surface area contributed by atoms with Crippen molar-refractivity contribution < 1.29 is 9.59 Å². The molecule has 0 bridgehead atoms. The average Bonchev–Trinajstić information content (AvgIpc) is 3.14. The van der Waals surface area contributed by atoms with E-state index >= 15 is 0 Å². The molecule has 1 aliphatic heterocycles. The van der Waals surface area contributed by atoms with Crippen LogP contribution < -0.4 is 5.32 Å². The van der Waals surface area contributed by atoms with E-state index in [-0.39, 0.29) is 18.1 Å². The molecule has 0 unspecified atom stereocenters. The number of carbonyl (C=O) groups is 2. The van der Waals surface area contributed by atoms with Gasteiger partial charge < -0.3 is 9.88 Å². The Kier molecular flexibility index (Phi) is 4.76. The van der Waals surface area contributed by atoms with Crippen molar-refractivity contribution >= 4 is 18.0 Å². The van der Waals surface area contributed by atoms with E-state index in [0.717, 1.165) is 33.8 Å². The molecule has 29 heavy (non-hydrogen) atoms. The topological polar surface area (TPSA) is 67.2 Å². The third kappa shape index (κ3) is 3.57. The molecule has 3 amide bonds. The lowest BCUT2D eigenvalue weighted by Crippen LogP contribution is -2.30. The number of amides is 3. The maximum absolute atomic E-state index is 12.8. The number of aromatic nitrogens is 2. The monoisotopic (exact) mass is 386 g/mol. The van der Waals surface area contributed by atoms with Crippen molar-refractivity contribution in [2.75, 3.05) is 0 Å². The molecule has 0 aliphatic carbocycles. The van der Waals surface area contributed by atoms with Crippen molar-refractivity contribution in [3.05, 3.63) is 88.6 Å². The third-order valence-electron chi connectivity index (χ3n) is 5.11. The van der Waals surface area contributed by atoms with Crippen LogP contribution in [-0.2, 0) is 11.3 Å². The van der Waals surface area contributed by atoms with Crippen molar-refractivity contribution in [3.8, 4) is 5.69 Å². The molecule has 0 atom stereocenters. The highest BCUT2D eigenvalue weighted by atomic mass is 16.2. The zero-order chi connectivity index (χ0) is 20.5. The van der Waals surface area contributed by atoms with Crippen LogP contribution in [0.4, 0.5) is 4.79 Å². The average molecular weight is 386 g/mol. The summed E-state index contributed by atoms with van der Waals surface area (Å²) in [6.07, 6.45) is 5.24. The van der Waals surface area contributed by atoms with Gasteiger partial charge in [0, 0.05) is 29.5 Å². The summed E-state index contributed by atoms with van der Waals surface area (Å²) in [7, 11) is 0. The van der Waals surface area contributed by atoms with Crippen LogP contribution in [0.1, 0.15) is 28.1 Å². The van der Waals surface area contributed by atoms with Crippen LogP contribution in [0.2, 0.25) is 0 Å². The molecule has 0 saturated carbocycles. The highest BCUT2D eigenvalue weighted by molar-refractivity contribution is 6.13. The van der Waals surface area contributed by atoms with Gasteiger partial charge in [-0.3, -0.25) is 14.7 Å². The molecule has 0 spiro atoms. The van der Waals surface area contributed by atoms with Gasteiger partial charge in [0.15, 0.2) is 0 Å². The van der Waals surface area contributed by atoms with Crippen molar-refractivity contribution in [2.45, 2.75) is 27.3 Å². The Bertz CT molecular complexity index is 1110. The number of aryl methyl sites for hydroxylation is 2. The van der Waals surface area contributed by atoms with E-state index in [1.807, 2.05) is 63.2 Å². The van der Waals surface area contributed by atoms with Crippen molar-refractivity contribution in [1.82, 2.24) is 19.8 Å². The Morgan fingerprint density at radius 2 is 1.69 bits per heavy atom. The van der Waals surface area contributed by atoms with Gasteiger partial charge >= 0.3 is 6.03 Å². The van der Waals surface area contributed by atoms with E-state index in [9.17, 15) is 9.59 Å². The van der Waals surface area contributed by atoms with Gasteiger partial charge in [0.2, 0.25) is 0 Å². The smallest absolute Gasteiger partial charge is 0.318 e. The first kappa shape index (κ1) is 18.7. The molecule has 1 fully saturated rings. The summed E-state index contributed by atoms with van der Waals surface area (Å²) in [6, 6.07) is 13.3. The number of rotatable bonds is 4. The number of benzene rings is 1. The molecule has 6 nitrogen and oxygen atoms in total. The second-order valence-corrected chi connectivity index (χ2v) is 7.23. The summed E-state index contributed by atoms with van der Waals surface area (Å²) in [5.74, 6) is -0.315. The van der Waals surface area contributed by atoms with Crippen LogP contribution in [0, 0.1) is 20.8 Å². The first-order valence-corrected chi connectivity index (χ1v) is 9.43. The van der Waals surface area contributed by atoms with Crippen molar-refractivity contribution in [1.29, 1.82) is 0 Å². The second kappa shape index (κ2) is 7.39. The van der Waals surface area contributed by atoms with Gasteiger partial charge in [0.1, 0.15) is 5.70 Å². The number of pyridine rings is 1. The van der Waals surface area contributed by atoms with Crippen molar-refractivity contribution in [3.63, 3.8) is 0 Å². The van der Waals surface area contributed by atoms with Crippen LogP contribution >= 0.6 is 0 Å². The fourth-order valence-corrected chi connectivity index (χ4v) is 3.57. The lowest BCUT2D eigenvalue weighted by atomic mass is 10.1. The van der Waals surface area contributed by atoms with E-state index in [0.29, 0.717) is 0 Å². The van der Waals surface area contributed by atoms with E-state index in [2.05, 4.69) is 14.9 Å². The van der Waals surface area contributed by atoms with E-state index in [4.69, 9.17) is 0 Å². The third-order valence-corrected chi connectivity index (χ3v) is 5.11. The summed E-state index contributed by atoms with van der Waals surface area (Å²) in [6.45, 7) is 6.25. The summed E-state index contributed by atoms with van der Waals surface area (Å²) in [5, 5.41) is 2.71. The van der Waals surface area contributed by atoms with Crippen LogP contribution in [0.15, 0.2) is 60.6 Å². The van der Waals surface area contributed by atoms with E-state index in [1.165, 1.54) is 4.90 Å². The summed E-state index contributed by atoms with van der Waals surface area (Å²) in [5.41, 5.74) is 6.25. The summed E-state index contributed by atoms with van der Waals surface area (Å²) >= 11 is 0. The molecule has 1 saturated heterocycles. The van der Waals surface area contributed by atoms with Gasteiger partial charge in [-0.1, -0.05) is 29.8 Å². The van der Waals surface area contributed by atoms with Crippen molar-refractivity contribution in [2.24, 2.45) is 0 Å². The zero-order valence-electron chi connectivity index (χ0n) is 16.6. The maximum Gasteiger partial charge on any atom is 0.329 e. The number of nitrogens with zero attached hydrogens (tertiary/aromatic N) is 3. The summed E-state index contributed by atoms with van der Waals surface area (Å²) in [4.78, 5) is 30.5. The molecule has 6 heteroatoms. The highest BCUT2D eigenvalue weighted by Crippen LogP contribution is 2.24. The van der Waals surface area contributed by atoms with Crippen LogP contribution in [0.3, 0.4) is 0 Å². The fraction of sp³-hybridized carbons (Fsp3) is 0.174. The number of carbonyl (C=O) groups excluding carboxylic acids is 2. The van der Waals surface area contributed by atoms with Crippen LogP contribution in [0.25, 0.3) is 11.8 Å². The molecule has 1 aromatic carbocycles. The predicted octanol–water partition coefficient (Wildman–Crippen LogP) is 3.89. The quantitative estimate of drug-likeness (QED) is 0.546. The first-order chi connectivity index (χ1) is 13.9. The maximum atomic E-state index is 12.8. The molecule has 3 aromatic rings. The second-order valence-electron chi connectivity index (χ2n) is 7.23. The number of hydrogen-bond acceptors (Lipinski definition) is 3. The lowest BCUT2D eigenvalue weighted by Gasteiger charge is -2.11. The predicted molar refractivity (Wildman–Crippen MR) is 111 cm³/mol. The van der Waals surface area contributed by atoms with Gasteiger partial charge in [-0.15, -0.1) is 0 Å². The number of imide groups is 1. The van der Waals surface area contributed by atoms with E-state index < -0.39 is 6.03 Å². The minimum absolute atomic E-state index is 0.248. The SMILES string of the molecule is Cc1ccc(CN2C(=O)N/C(=C/c3cc(C)n(-c4ccncc4)c3C)C2=O)cc1. The molecule has 3 heterocycles. The Morgan fingerprint density at radius 3 is 2.38 bits per heavy atom. The van der Waals surface area contributed by atoms with Gasteiger partial charge in [0.05, 0.1) is 6.54 Å². The van der Waals surface area contributed by atoms with Gasteiger partial charge in [-0.05, 0) is 56.2 Å². The zero-order valence-corrected chi connectivity index (χ0v) is 16.6. The van der Waals surface area contributed by atoms with Gasteiger partial charge in [-0.25, -0.2) is 4.79 Å². The molecule has 1 aliphatic rings. The van der Waals surface area contributed by atoms with Gasteiger partial charge in [-0.2, -0.15) is 0 Å². The number of nitrogens with one attached hydrogen (secondary N) is 1. The first-order valence-electron chi connectivity index (χ1n) is 9.43. The molecule has 4 rings (SSSR count). The summed E-state index contributed by atoms with van der Waals surface area (Å²) < 4.78 is 2.10. The van der Waals surface area contributed by atoms with Crippen LogP contribution in [-0.4, -0.2) is 26.4 Å². The number of hydrogen-bond donors (Lipinski definition) is 1. The molecular weight excluding hydrogens is 364 g/mol. The Labute approximate surface area is 169 Å². The Morgan fingerprint density at radius 1 is 1.00 bits per heavy atom. The minimum atomic E-state index is -0.398. The van der Waals surface area contributed by atoms with Gasteiger partial charge in [0.25, 0.3) is 5.91 Å². The molecule has 0 radical (unpaired) electrons. The standard InChI is InChI=1S/C23H22N4O2/c1-15-4-6-18(7-5-15)14-26-22(28)21(25-23(26)29)13-19-12-16(2)27(17(19)3)20-8-10-24-11-9-20/h4-13H,14H2,1-3H3,(H,25,29)/b21-13+. The molecule has 146 valence electrons. The lowest BCUT2D eigenvalue weighted by molar-refractivity contribution is -0.123.